The summed E-state index contributed by atoms with van der Waals surface area (Å²) in [5, 5.41) is 14.8. The fraction of sp³-hybridized carbons (Fsp3) is 0.500. The fourth-order valence-electron chi connectivity index (χ4n) is 4.29. The zero-order valence-corrected chi connectivity index (χ0v) is 22.6. The molecule has 1 saturated heterocycles. The zero-order chi connectivity index (χ0) is 27.7. The molecule has 2 aliphatic heterocycles. The average Bonchev–Trinajstić information content (AvgIpc) is 2.82. The van der Waals surface area contributed by atoms with Crippen LogP contribution in [0.1, 0.15) is 68.3 Å². The lowest BCUT2D eigenvalue weighted by Gasteiger charge is -2.26. The molecule has 2 aliphatic rings. The van der Waals surface area contributed by atoms with Crippen LogP contribution >= 0.6 is 7.82 Å². The van der Waals surface area contributed by atoms with Gasteiger partial charge in [0.1, 0.15) is 23.2 Å². The van der Waals surface area contributed by atoms with Crippen molar-refractivity contribution < 1.29 is 43.1 Å². The maximum Gasteiger partial charge on any atom is 0.524 e. The van der Waals surface area contributed by atoms with Crippen molar-refractivity contribution in [2.75, 3.05) is 19.7 Å². The van der Waals surface area contributed by atoms with Crippen LogP contribution in [0.2, 0.25) is 0 Å². The first-order valence-corrected chi connectivity index (χ1v) is 14.2. The van der Waals surface area contributed by atoms with Crippen LogP contribution in [-0.4, -0.2) is 63.2 Å². The molecule has 1 amide bonds. The highest BCUT2D eigenvalue weighted by Gasteiger charge is 2.25. The Labute approximate surface area is 222 Å². The Morgan fingerprint density at radius 3 is 2.66 bits per heavy atom. The second-order valence-corrected chi connectivity index (χ2v) is 10.6. The molecule has 3 rings (SSSR count). The number of cyclic esters (lactones) is 1. The molecule has 0 spiro atoms. The number of oxime groups is 1. The van der Waals surface area contributed by atoms with Crippen molar-refractivity contribution >= 4 is 25.4 Å². The maximum atomic E-state index is 13.0. The van der Waals surface area contributed by atoms with Crippen molar-refractivity contribution in [1.82, 2.24) is 4.90 Å². The zero-order valence-electron chi connectivity index (χ0n) is 21.7. The summed E-state index contributed by atoms with van der Waals surface area (Å²) in [6, 6.07) is 2.18. The number of rotatable bonds is 5. The van der Waals surface area contributed by atoms with Crippen LogP contribution in [0.25, 0.3) is 0 Å². The molecule has 1 atom stereocenters. The van der Waals surface area contributed by atoms with Gasteiger partial charge in [-0.1, -0.05) is 22.9 Å². The van der Waals surface area contributed by atoms with E-state index in [0.29, 0.717) is 25.2 Å². The average molecular weight is 551 g/mol. The number of allylic oxidation sites excluding steroid dienone is 3. The number of fused-ring (bicyclic) bond motifs is 1. The number of phenols is 1. The number of hydrogen-bond acceptors (Lipinski definition) is 8. The highest BCUT2D eigenvalue weighted by atomic mass is 31.2. The van der Waals surface area contributed by atoms with E-state index in [-0.39, 0.29) is 35.8 Å². The molecule has 0 bridgehead atoms. The van der Waals surface area contributed by atoms with Crippen molar-refractivity contribution in [2.24, 2.45) is 5.16 Å². The third-order valence-electron chi connectivity index (χ3n) is 6.11. The van der Waals surface area contributed by atoms with Crippen LogP contribution in [0.5, 0.6) is 11.5 Å². The van der Waals surface area contributed by atoms with Gasteiger partial charge in [-0.2, -0.15) is 0 Å². The van der Waals surface area contributed by atoms with Crippen LogP contribution in [0.15, 0.2) is 41.1 Å². The second kappa shape index (κ2) is 13.6. The van der Waals surface area contributed by atoms with Gasteiger partial charge in [0.05, 0.1) is 5.71 Å². The van der Waals surface area contributed by atoms with E-state index in [4.69, 9.17) is 9.57 Å². The Morgan fingerprint density at radius 1 is 1.21 bits per heavy atom. The molecular weight excluding hydrogens is 515 g/mol. The summed E-state index contributed by atoms with van der Waals surface area (Å²) in [6.07, 6.45) is 10.1. The summed E-state index contributed by atoms with van der Waals surface area (Å²) < 4.78 is 21.6. The predicted molar refractivity (Wildman–Crippen MR) is 140 cm³/mol. The number of hydrogen-bond donors (Lipinski definition) is 3. The van der Waals surface area contributed by atoms with Crippen LogP contribution in [-0.2, 0) is 25.4 Å². The number of amides is 1. The van der Waals surface area contributed by atoms with E-state index in [9.17, 15) is 29.0 Å². The topological polar surface area (TPSA) is 155 Å². The molecule has 1 aromatic carbocycles. The smallest absolute Gasteiger partial charge is 0.507 e. The van der Waals surface area contributed by atoms with Crippen molar-refractivity contribution in [3.05, 3.63) is 47.1 Å². The first-order valence-electron chi connectivity index (χ1n) is 12.6. The largest absolute Gasteiger partial charge is 0.524 e. The first kappa shape index (κ1) is 29.4. The van der Waals surface area contributed by atoms with Gasteiger partial charge in [-0.05, 0) is 63.7 Å². The van der Waals surface area contributed by atoms with Gasteiger partial charge in [-0.15, -0.1) is 0 Å². The summed E-state index contributed by atoms with van der Waals surface area (Å²) in [4.78, 5) is 51.1. The van der Waals surface area contributed by atoms with E-state index in [0.717, 1.165) is 43.7 Å². The van der Waals surface area contributed by atoms with Gasteiger partial charge >= 0.3 is 13.8 Å². The number of nitrogens with zero attached hydrogens (tertiary/aromatic N) is 2. The van der Waals surface area contributed by atoms with Crippen molar-refractivity contribution in [3.8, 4) is 11.5 Å². The number of aromatic hydroxyl groups is 1. The first-order chi connectivity index (χ1) is 18.0. The van der Waals surface area contributed by atoms with Gasteiger partial charge in [-0.3, -0.25) is 14.6 Å². The molecule has 1 aromatic rings. The molecule has 3 N–H and O–H groups in total. The minimum absolute atomic E-state index is 0.0736. The number of carbonyl (C=O) groups excluding carboxylic acids is 2. The maximum absolute atomic E-state index is 13.0. The molecule has 0 unspecified atom stereocenters. The monoisotopic (exact) mass is 550 g/mol. The van der Waals surface area contributed by atoms with Gasteiger partial charge in [0.2, 0.25) is 0 Å². The normalized spacial score (nSPS) is 22.9. The molecule has 12 heteroatoms. The van der Waals surface area contributed by atoms with Gasteiger partial charge < -0.3 is 24.1 Å². The van der Waals surface area contributed by atoms with E-state index in [1.807, 2.05) is 19.1 Å². The quantitative estimate of drug-likeness (QED) is 0.213. The number of phenolic OH excluding ortho intramolecular Hbond substituents is 1. The molecule has 38 heavy (non-hydrogen) atoms. The summed E-state index contributed by atoms with van der Waals surface area (Å²) in [6.45, 7) is 4.75. The number of benzene rings is 1. The SMILES string of the molecule is C/C1=C\C(=NOCC(=O)N2CCCCC2)Cc2cc(OP(=O)(O)O)cc(O)c2C(=O)O[C@H](C)C/C=C/CC1. The minimum Gasteiger partial charge on any atom is -0.507 e. The number of phosphoric acid groups is 1. The summed E-state index contributed by atoms with van der Waals surface area (Å²) >= 11 is 0. The highest BCUT2D eigenvalue weighted by molar-refractivity contribution is 7.46. The lowest BCUT2D eigenvalue weighted by atomic mass is 9.98. The van der Waals surface area contributed by atoms with Crippen molar-refractivity contribution in [1.29, 1.82) is 0 Å². The third kappa shape index (κ3) is 9.31. The van der Waals surface area contributed by atoms with Crippen LogP contribution < -0.4 is 4.52 Å². The van der Waals surface area contributed by atoms with Crippen molar-refractivity contribution in [3.63, 3.8) is 0 Å². The van der Waals surface area contributed by atoms with Gasteiger partial charge in [0.25, 0.3) is 5.91 Å². The summed E-state index contributed by atoms with van der Waals surface area (Å²) in [5.74, 6) is -1.87. The molecule has 0 aromatic heterocycles. The highest BCUT2D eigenvalue weighted by Crippen LogP contribution is 2.40. The van der Waals surface area contributed by atoms with Gasteiger partial charge in [0, 0.05) is 32.0 Å². The Bertz CT molecular complexity index is 1150. The van der Waals surface area contributed by atoms with E-state index in [1.54, 1.807) is 17.9 Å². The standard InChI is InChI=1S/C26H35N2O9P/c1-18-9-5-3-6-10-19(2)36-26(31)25-20(15-22(16-23(25)29)37-38(32,33)34)14-21(13-18)27-35-17-24(30)28-11-7-4-8-12-28/h3,6,13,15-16,19,29H,4-5,7-12,14,17H2,1-2H3,(H2,32,33,34)/b6-3+,18-13+,27-21?/t19-/m1/s1. The number of esters is 1. The predicted octanol–water partition coefficient (Wildman–Crippen LogP) is 4.02. The van der Waals surface area contributed by atoms with Gasteiger partial charge in [0.15, 0.2) is 6.61 Å². The van der Waals surface area contributed by atoms with Crippen LogP contribution in [0.3, 0.4) is 0 Å². The number of piperidine rings is 1. The number of likely N-dealkylation sites (tertiary alicyclic amines) is 1. The van der Waals surface area contributed by atoms with E-state index < -0.39 is 25.6 Å². The summed E-state index contributed by atoms with van der Waals surface area (Å²) in [7, 11) is -4.94. The lowest BCUT2D eigenvalue weighted by Crippen LogP contribution is -2.37. The molecule has 0 radical (unpaired) electrons. The molecule has 208 valence electrons. The van der Waals surface area contributed by atoms with E-state index >= 15 is 0 Å². The third-order valence-corrected chi connectivity index (χ3v) is 6.56. The number of carbonyl (C=O) groups is 2. The Balaban J connectivity index is 1.96. The second-order valence-electron chi connectivity index (χ2n) is 9.49. The Morgan fingerprint density at radius 2 is 1.95 bits per heavy atom. The van der Waals surface area contributed by atoms with Crippen LogP contribution in [0, 0.1) is 0 Å². The lowest BCUT2D eigenvalue weighted by molar-refractivity contribution is -0.137. The van der Waals surface area contributed by atoms with E-state index in [2.05, 4.69) is 9.68 Å². The fourth-order valence-corrected chi connectivity index (χ4v) is 4.67. The minimum atomic E-state index is -4.94. The Kier molecular flexibility index (Phi) is 10.5. The number of phosphoric ester groups is 1. The molecular formula is C26H35N2O9P. The van der Waals surface area contributed by atoms with Gasteiger partial charge in [-0.25, -0.2) is 9.36 Å². The van der Waals surface area contributed by atoms with Crippen molar-refractivity contribution in [2.45, 2.75) is 64.9 Å². The molecule has 0 saturated carbocycles. The van der Waals surface area contributed by atoms with Crippen LogP contribution in [0.4, 0.5) is 0 Å². The number of ether oxygens (including phenoxy) is 1. The molecule has 1 fully saturated rings. The molecule has 2 heterocycles. The Hall–Kier alpha value is -3.14. The molecule has 0 aliphatic carbocycles. The van der Waals surface area contributed by atoms with E-state index in [1.165, 1.54) is 6.07 Å². The summed E-state index contributed by atoms with van der Waals surface area (Å²) in [5.41, 5.74) is 1.27. The molecule has 11 nitrogen and oxygen atoms in total.